The molecule has 3 nitrogen and oxygen atoms in total. The number of fused-ring (bicyclic) bond motifs is 3. The molecule has 25 heavy (non-hydrogen) atoms. The second kappa shape index (κ2) is 7.45. The summed E-state index contributed by atoms with van der Waals surface area (Å²) in [5.41, 5.74) is 1.17. The molecular formula is C21H29FN2O. The molecule has 0 spiro atoms. The van der Waals surface area contributed by atoms with Gasteiger partial charge in [0.05, 0.1) is 0 Å². The van der Waals surface area contributed by atoms with Crippen molar-refractivity contribution in [1.29, 1.82) is 0 Å². The summed E-state index contributed by atoms with van der Waals surface area (Å²) in [6.45, 7) is 2.97. The lowest BCUT2D eigenvalue weighted by Gasteiger charge is -2.41. The van der Waals surface area contributed by atoms with Crippen LogP contribution >= 0.6 is 0 Å². The maximum atomic E-state index is 13.0. The van der Waals surface area contributed by atoms with E-state index in [1.54, 1.807) is 0 Å². The fraction of sp³-hybridized carbons (Fsp3) is 0.667. The van der Waals surface area contributed by atoms with Gasteiger partial charge in [-0.2, -0.15) is 0 Å². The van der Waals surface area contributed by atoms with Gasteiger partial charge in [0.1, 0.15) is 5.82 Å². The second-order valence-electron chi connectivity index (χ2n) is 8.29. The molecule has 2 unspecified atom stereocenters. The van der Waals surface area contributed by atoms with Crippen LogP contribution in [-0.4, -0.2) is 36.5 Å². The predicted octanol–water partition coefficient (Wildman–Crippen LogP) is 3.39. The highest BCUT2D eigenvalue weighted by Crippen LogP contribution is 2.45. The maximum absolute atomic E-state index is 13.0. The standard InChI is InChI=1S/C21H29FN2O/c22-18-7-3-15(4-8-18)9-11-24-12-10-19(14-24)23-21(25)20-13-16-1-5-17(20)6-2-16/h3-4,7-8,16-17,19-20H,1-2,5-6,9-14H2,(H,23,25). The average molecular weight is 344 g/mol. The summed E-state index contributed by atoms with van der Waals surface area (Å²) in [6, 6.07) is 7.09. The van der Waals surface area contributed by atoms with E-state index in [1.165, 1.54) is 43.4 Å². The Balaban J connectivity index is 1.22. The molecule has 1 aromatic rings. The Morgan fingerprint density at radius 2 is 1.88 bits per heavy atom. The third kappa shape index (κ3) is 4.05. The van der Waals surface area contributed by atoms with E-state index in [9.17, 15) is 9.18 Å². The van der Waals surface area contributed by atoms with Crippen LogP contribution in [-0.2, 0) is 11.2 Å². The van der Waals surface area contributed by atoms with E-state index in [2.05, 4.69) is 10.2 Å². The number of hydrogen-bond donors (Lipinski definition) is 1. The molecule has 1 aromatic carbocycles. The van der Waals surface area contributed by atoms with Crippen molar-refractivity contribution in [3.8, 4) is 0 Å². The lowest BCUT2D eigenvalue weighted by Crippen LogP contribution is -2.46. The van der Waals surface area contributed by atoms with Crippen molar-refractivity contribution in [2.24, 2.45) is 17.8 Å². The van der Waals surface area contributed by atoms with Gasteiger partial charge in [0, 0.05) is 31.6 Å². The molecule has 4 heteroatoms. The van der Waals surface area contributed by atoms with Crippen LogP contribution in [0.1, 0.15) is 44.1 Å². The van der Waals surface area contributed by atoms with Gasteiger partial charge in [-0.25, -0.2) is 4.39 Å². The predicted molar refractivity (Wildman–Crippen MR) is 96.6 cm³/mol. The van der Waals surface area contributed by atoms with Gasteiger partial charge in [-0.15, -0.1) is 0 Å². The molecule has 1 N–H and O–H groups in total. The number of rotatable bonds is 5. The summed E-state index contributed by atoms with van der Waals surface area (Å²) in [6.07, 6.45) is 8.32. The highest BCUT2D eigenvalue weighted by Gasteiger charge is 2.40. The van der Waals surface area contributed by atoms with Gasteiger partial charge >= 0.3 is 0 Å². The maximum Gasteiger partial charge on any atom is 0.223 e. The fourth-order valence-corrected chi connectivity index (χ4v) is 5.10. The van der Waals surface area contributed by atoms with Crippen LogP contribution in [0.2, 0.25) is 0 Å². The molecule has 136 valence electrons. The third-order valence-corrected chi connectivity index (χ3v) is 6.63. The first-order chi connectivity index (χ1) is 12.2. The van der Waals surface area contributed by atoms with Gasteiger partial charge in [-0.3, -0.25) is 4.79 Å². The molecule has 1 saturated heterocycles. The van der Waals surface area contributed by atoms with Gasteiger partial charge in [0.15, 0.2) is 0 Å². The average Bonchev–Trinajstić information content (AvgIpc) is 3.09. The van der Waals surface area contributed by atoms with Crippen molar-refractivity contribution < 1.29 is 9.18 Å². The van der Waals surface area contributed by atoms with Crippen molar-refractivity contribution in [2.45, 2.75) is 51.0 Å². The number of benzene rings is 1. The Labute approximate surface area is 150 Å². The number of nitrogens with zero attached hydrogens (tertiary/aromatic N) is 1. The van der Waals surface area contributed by atoms with Gasteiger partial charge in [-0.05, 0) is 61.6 Å². The van der Waals surface area contributed by atoms with E-state index in [1.807, 2.05) is 12.1 Å². The molecule has 2 bridgehead atoms. The third-order valence-electron chi connectivity index (χ3n) is 6.63. The molecule has 1 heterocycles. The van der Waals surface area contributed by atoms with Gasteiger partial charge in [-0.1, -0.05) is 25.0 Å². The normalized spacial score (nSPS) is 32.0. The van der Waals surface area contributed by atoms with Gasteiger partial charge in [0.25, 0.3) is 0 Å². The first-order valence-corrected chi connectivity index (χ1v) is 9.94. The zero-order chi connectivity index (χ0) is 17.2. The smallest absolute Gasteiger partial charge is 0.223 e. The zero-order valence-corrected chi connectivity index (χ0v) is 14.9. The Hall–Kier alpha value is -1.42. The van der Waals surface area contributed by atoms with Gasteiger partial charge in [0.2, 0.25) is 5.91 Å². The molecule has 1 aliphatic heterocycles. The van der Waals surface area contributed by atoms with Crippen molar-refractivity contribution in [3.63, 3.8) is 0 Å². The number of hydrogen-bond acceptors (Lipinski definition) is 2. The molecule has 3 aliphatic carbocycles. The number of nitrogens with one attached hydrogen (secondary N) is 1. The van der Waals surface area contributed by atoms with Crippen LogP contribution in [0.5, 0.6) is 0 Å². The molecule has 5 rings (SSSR count). The highest BCUT2D eigenvalue weighted by atomic mass is 19.1. The second-order valence-corrected chi connectivity index (χ2v) is 8.29. The Morgan fingerprint density at radius 3 is 2.56 bits per heavy atom. The SMILES string of the molecule is O=C(NC1CCN(CCc2ccc(F)cc2)C1)C1CC2CCC1CC2. The molecule has 0 aromatic heterocycles. The quantitative estimate of drug-likeness (QED) is 0.888. The van der Waals surface area contributed by atoms with Crippen molar-refractivity contribution in [3.05, 3.63) is 35.6 Å². The van der Waals surface area contributed by atoms with Crippen LogP contribution in [0, 0.1) is 23.6 Å². The van der Waals surface area contributed by atoms with Crippen LogP contribution in [0.15, 0.2) is 24.3 Å². The minimum Gasteiger partial charge on any atom is -0.352 e. The summed E-state index contributed by atoms with van der Waals surface area (Å²) in [5, 5.41) is 3.34. The monoisotopic (exact) mass is 344 g/mol. The molecule has 1 amide bonds. The number of carbonyl (C=O) groups is 1. The summed E-state index contributed by atoms with van der Waals surface area (Å²) in [7, 11) is 0. The molecule has 2 atom stereocenters. The van der Waals surface area contributed by atoms with E-state index in [0.29, 0.717) is 17.9 Å². The Morgan fingerprint density at radius 1 is 1.12 bits per heavy atom. The number of halogens is 1. The van der Waals surface area contributed by atoms with E-state index in [-0.39, 0.29) is 11.7 Å². The van der Waals surface area contributed by atoms with E-state index < -0.39 is 0 Å². The van der Waals surface area contributed by atoms with E-state index >= 15 is 0 Å². The minimum absolute atomic E-state index is 0.177. The van der Waals surface area contributed by atoms with Crippen molar-refractivity contribution in [1.82, 2.24) is 10.2 Å². The number of carbonyl (C=O) groups excluding carboxylic acids is 1. The first kappa shape index (κ1) is 17.0. The molecule has 4 fully saturated rings. The lowest BCUT2D eigenvalue weighted by molar-refractivity contribution is -0.130. The first-order valence-electron chi connectivity index (χ1n) is 9.94. The van der Waals surface area contributed by atoms with Crippen molar-refractivity contribution in [2.75, 3.05) is 19.6 Å². The minimum atomic E-state index is -0.177. The number of likely N-dealkylation sites (tertiary alicyclic amines) is 1. The van der Waals surface area contributed by atoms with Crippen LogP contribution in [0.4, 0.5) is 4.39 Å². The largest absolute Gasteiger partial charge is 0.352 e. The summed E-state index contributed by atoms with van der Waals surface area (Å²) >= 11 is 0. The summed E-state index contributed by atoms with van der Waals surface area (Å²) < 4.78 is 13.0. The molecule has 0 radical (unpaired) electrons. The van der Waals surface area contributed by atoms with Crippen LogP contribution in [0.3, 0.4) is 0 Å². The highest BCUT2D eigenvalue weighted by molar-refractivity contribution is 5.79. The summed E-state index contributed by atoms with van der Waals surface area (Å²) in [5.74, 6) is 1.86. The Kier molecular flexibility index (Phi) is 5.07. The number of amides is 1. The van der Waals surface area contributed by atoms with E-state index in [0.717, 1.165) is 44.8 Å². The van der Waals surface area contributed by atoms with Crippen LogP contribution in [0.25, 0.3) is 0 Å². The van der Waals surface area contributed by atoms with Gasteiger partial charge < -0.3 is 10.2 Å². The molecular weight excluding hydrogens is 315 g/mol. The summed E-state index contributed by atoms with van der Waals surface area (Å²) in [4.78, 5) is 15.1. The fourth-order valence-electron chi connectivity index (χ4n) is 5.10. The van der Waals surface area contributed by atoms with E-state index in [4.69, 9.17) is 0 Å². The lowest BCUT2D eigenvalue weighted by atomic mass is 9.64. The van der Waals surface area contributed by atoms with Crippen molar-refractivity contribution >= 4 is 5.91 Å². The topological polar surface area (TPSA) is 32.3 Å². The van der Waals surface area contributed by atoms with Crippen LogP contribution < -0.4 is 5.32 Å². The zero-order valence-electron chi connectivity index (χ0n) is 14.9. The molecule has 4 aliphatic rings. The Bertz CT molecular complexity index is 594. The molecule has 3 saturated carbocycles.